The molecule has 0 atom stereocenters. The molecule has 0 radical (unpaired) electrons. The first-order chi connectivity index (χ1) is 18.6. The van der Waals surface area contributed by atoms with Crippen LogP contribution in [0.15, 0.2) is 83.9 Å². The SMILES string of the molecule is N#CC(C#N)=C1C(c2ccccc2)=C(C#N)c2cc3c(cc21)C(=C(C#N)C#N)C(c1ccccc1)=C3C#N. The Balaban J connectivity index is 1.95. The van der Waals surface area contributed by atoms with Crippen LogP contribution in [0.25, 0.3) is 33.4 Å². The minimum Gasteiger partial charge on any atom is -0.192 e. The average molecular weight is 480 g/mol. The van der Waals surface area contributed by atoms with E-state index in [2.05, 4.69) is 12.1 Å². The molecule has 0 unspecified atom stereocenters. The Bertz CT molecular complexity index is 1770. The molecule has 0 saturated carbocycles. The molecular formula is C32H12N6. The van der Waals surface area contributed by atoms with Gasteiger partial charge >= 0.3 is 0 Å². The standard InChI is InChI=1S/C32H12N6/c33-13-21(14-34)31-25-12-26-24(11-23(25)27(17-37)29(31)19-7-3-1-4-8-19)28(18-38)30(20-9-5-2-6-10-20)32(26)22(15-35)16-36/h1-12H. The molecule has 2 aliphatic carbocycles. The zero-order valence-electron chi connectivity index (χ0n) is 19.6. The smallest absolute Gasteiger partial charge is 0.138 e. The van der Waals surface area contributed by atoms with Crippen LogP contribution in [0.3, 0.4) is 0 Å². The van der Waals surface area contributed by atoms with E-state index in [4.69, 9.17) is 0 Å². The Morgan fingerprint density at radius 2 is 0.789 bits per heavy atom. The van der Waals surface area contributed by atoms with E-state index < -0.39 is 0 Å². The van der Waals surface area contributed by atoms with Crippen molar-refractivity contribution < 1.29 is 0 Å². The van der Waals surface area contributed by atoms with Gasteiger partial charge in [-0.2, -0.15) is 31.6 Å². The van der Waals surface area contributed by atoms with Gasteiger partial charge in [0, 0.05) is 33.4 Å². The first-order valence-electron chi connectivity index (χ1n) is 11.3. The molecule has 6 nitrogen and oxygen atoms in total. The minimum absolute atomic E-state index is 0.170. The summed E-state index contributed by atoms with van der Waals surface area (Å²) >= 11 is 0. The Morgan fingerprint density at radius 1 is 0.447 bits per heavy atom. The van der Waals surface area contributed by atoms with Gasteiger partial charge in [-0.25, -0.2) is 0 Å². The molecule has 2 aliphatic rings. The predicted octanol–water partition coefficient (Wildman–Crippen LogP) is 6.18. The Labute approximate surface area is 218 Å². The van der Waals surface area contributed by atoms with Crippen molar-refractivity contribution in [3.8, 4) is 36.4 Å². The first kappa shape index (κ1) is 23.3. The van der Waals surface area contributed by atoms with E-state index >= 15 is 0 Å². The normalized spacial score (nSPS) is 12.8. The summed E-state index contributed by atoms with van der Waals surface area (Å²) < 4.78 is 0. The lowest BCUT2D eigenvalue weighted by atomic mass is 9.89. The van der Waals surface area contributed by atoms with Gasteiger partial charge in [0.15, 0.2) is 0 Å². The summed E-state index contributed by atoms with van der Waals surface area (Å²) in [6.45, 7) is 0. The van der Waals surface area contributed by atoms with E-state index in [9.17, 15) is 31.6 Å². The Morgan fingerprint density at radius 3 is 1.11 bits per heavy atom. The number of hydrogen-bond donors (Lipinski definition) is 0. The molecule has 0 aliphatic heterocycles. The van der Waals surface area contributed by atoms with E-state index in [1.165, 1.54) is 0 Å². The van der Waals surface area contributed by atoms with Crippen LogP contribution in [0, 0.1) is 68.0 Å². The fraction of sp³-hybridized carbons (Fsp3) is 0. The van der Waals surface area contributed by atoms with Crippen LogP contribution >= 0.6 is 0 Å². The van der Waals surface area contributed by atoms with Crippen molar-refractivity contribution in [3.63, 3.8) is 0 Å². The van der Waals surface area contributed by atoms with E-state index in [-0.39, 0.29) is 22.3 Å². The molecule has 3 aromatic rings. The van der Waals surface area contributed by atoms with Gasteiger partial charge in [-0.3, -0.25) is 0 Å². The molecule has 0 aromatic heterocycles. The number of nitriles is 6. The summed E-state index contributed by atoms with van der Waals surface area (Å²) in [6.07, 6.45) is 0. The first-order valence-corrected chi connectivity index (χ1v) is 11.3. The highest BCUT2D eigenvalue weighted by molar-refractivity contribution is 6.29. The molecule has 5 rings (SSSR count). The fourth-order valence-corrected chi connectivity index (χ4v) is 5.03. The number of allylic oxidation sites excluding steroid dienone is 8. The molecule has 0 fully saturated rings. The summed E-state index contributed by atoms with van der Waals surface area (Å²) in [5.74, 6) is 0. The van der Waals surface area contributed by atoms with E-state index in [0.29, 0.717) is 55.7 Å². The van der Waals surface area contributed by atoms with Gasteiger partial charge in [-0.15, -0.1) is 0 Å². The number of nitrogens with zero attached hydrogens (tertiary/aromatic N) is 6. The van der Waals surface area contributed by atoms with Gasteiger partial charge in [0.1, 0.15) is 47.6 Å². The molecular weight excluding hydrogens is 468 g/mol. The largest absolute Gasteiger partial charge is 0.192 e. The van der Waals surface area contributed by atoms with Crippen LogP contribution < -0.4 is 0 Å². The van der Waals surface area contributed by atoms with Gasteiger partial charge in [-0.05, 0) is 34.4 Å². The van der Waals surface area contributed by atoms with Crippen LogP contribution in [-0.4, -0.2) is 0 Å². The number of rotatable bonds is 2. The van der Waals surface area contributed by atoms with E-state index in [0.717, 1.165) is 0 Å². The third-order valence-electron chi connectivity index (χ3n) is 6.53. The summed E-state index contributed by atoms with van der Waals surface area (Å²) in [5.41, 5.74) is 4.86. The van der Waals surface area contributed by atoms with Crippen LogP contribution in [0.1, 0.15) is 33.4 Å². The molecule has 170 valence electrons. The predicted molar refractivity (Wildman–Crippen MR) is 140 cm³/mol. The quantitative estimate of drug-likeness (QED) is 0.400. The molecule has 6 heteroatoms. The lowest BCUT2D eigenvalue weighted by Crippen LogP contribution is -1.95. The maximum atomic E-state index is 10.2. The maximum absolute atomic E-state index is 10.2. The molecule has 3 aromatic carbocycles. The lowest BCUT2D eigenvalue weighted by Gasteiger charge is -2.11. The average Bonchev–Trinajstić information content (AvgIpc) is 3.46. The number of fused-ring (bicyclic) bond motifs is 2. The van der Waals surface area contributed by atoms with Crippen molar-refractivity contribution in [1.82, 2.24) is 0 Å². The van der Waals surface area contributed by atoms with Gasteiger partial charge in [0.05, 0.1) is 11.1 Å². The van der Waals surface area contributed by atoms with Crippen LogP contribution in [0.5, 0.6) is 0 Å². The second kappa shape index (κ2) is 9.31. The van der Waals surface area contributed by atoms with Crippen molar-refractivity contribution in [3.05, 3.63) is 117 Å². The highest BCUT2D eigenvalue weighted by atomic mass is 14.4. The van der Waals surface area contributed by atoms with Crippen molar-refractivity contribution in [2.24, 2.45) is 0 Å². The maximum Gasteiger partial charge on any atom is 0.138 e. The summed E-state index contributed by atoms with van der Waals surface area (Å²) in [7, 11) is 0. The zero-order valence-corrected chi connectivity index (χ0v) is 19.6. The van der Waals surface area contributed by atoms with Crippen LogP contribution in [0.2, 0.25) is 0 Å². The number of hydrogen-bond acceptors (Lipinski definition) is 6. The summed E-state index contributed by atoms with van der Waals surface area (Å²) in [4.78, 5) is 0. The molecule has 0 heterocycles. The molecule has 0 bridgehead atoms. The molecule has 0 N–H and O–H groups in total. The molecule has 0 spiro atoms. The van der Waals surface area contributed by atoms with Gasteiger partial charge in [-0.1, -0.05) is 60.7 Å². The second-order valence-electron chi connectivity index (χ2n) is 8.35. The highest BCUT2D eigenvalue weighted by Gasteiger charge is 2.37. The topological polar surface area (TPSA) is 143 Å². The highest BCUT2D eigenvalue weighted by Crippen LogP contribution is 2.54. The Hall–Kier alpha value is -6.44. The van der Waals surface area contributed by atoms with Gasteiger partial charge < -0.3 is 0 Å². The number of benzene rings is 3. The third-order valence-corrected chi connectivity index (χ3v) is 6.53. The van der Waals surface area contributed by atoms with E-state index in [1.807, 2.05) is 36.4 Å². The molecule has 0 saturated heterocycles. The monoisotopic (exact) mass is 480 g/mol. The van der Waals surface area contributed by atoms with Crippen molar-refractivity contribution in [2.45, 2.75) is 0 Å². The summed E-state index contributed by atoms with van der Waals surface area (Å²) in [6, 6.07) is 33.7. The Kier molecular flexibility index (Phi) is 5.71. The van der Waals surface area contributed by atoms with Crippen LogP contribution in [-0.2, 0) is 0 Å². The zero-order chi connectivity index (χ0) is 26.8. The second-order valence-corrected chi connectivity index (χ2v) is 8.35. The van der Waals surface area contributed by atoms with E-state index in [1.54, 1.807) is 60.7 Å². The third kappa shape index (κ3) is 3.29. The van der Waals surface area contributed by atoms with Gasteiger partial charge in [0.25, 0.3) is 0 Å². The molecule has 0 amide bonds. The van der Waals surface area contributed by atoms with Crippen molar-refractivity contribution in [2.75, 3.05) is 0 Å². The van der Waals surface area contributed by atoms with Crippen LogP contribution in [0.4, 0.5) is 0 Å². The van der Waals surface area contributed by atoms with Gasteiger partial charge in [0.2, 0.25) is 0 Å². The molecule has 38 heavy (non-hydrogen) atoms. The fourth-order valence-electron chi connectivity index (χ4n) is 5.03. The van der Waals surface area contributed by atoms with Crippen molar-refractivity contribution >= 4 is 33.4 Å². The summed E-state index contributed by atoms with van der Waals surface area (Å²) in [5, 5.41) is 59.8. The minimum atomic E-state index is -0.170. The lowest BCUT2D eigenvalue weighted by molar-refractivity contribution is 1.45. The van der Waals surface area contributed by atoms with Crippen molar-refractivity contribution in [1.29, 1.82) is 31.6 Å².